The predicted molar refractivity (Wildman–Crippen MR) is 84.3 cm³/mol. The highest BCUT2D eigenvalue weighted by molar-refractivity contribution is 6.33. The lowest BCUT2D eigenvalue weighted by atomic mass is 9.90. The molecule has 4 nitrogen and oxygen atoms in total. The van der Waals surface area contributed by atoms with E-state index in [0.29, 0.717) is 10.7 Å². The second kappa shape index (κ2) is 6.48. The first-order chi connectivity index (χ1) is 9.91. The average Bonchev–Trinajstić information content (AvgIpc) is 2.94. The summed E-state index contributed by atoms with van der Waals surface area (Å²) in [4.78, 5) is 24.7. The fraction of sp³-hybridized carbons (Fsp3) is 0.500. The number of amides is 2. The Morgan fingerprint density at radius 1 is 1.14 bits per heavy atom. The SMILES string of the molecule is CC(C)(C(=O)Nc1ccccc1Cl)C(=O)NC1CCCC1. The molecule has 1 aromatic carbocycles. The largest absolute Gasteiger partial charge is 0.352 e. The number of nitrogens with one attached hydrogen (secondary N) is 2. The number of hydrogen-bond acceptors (Lipinski definition) is 2. The Labute approximate surface area is 130 Å². The first kappa shape index (κ1) is 15.8. The average molecular weight is 309 g/mol. The highest BCUT2D eigenvalue weighted by Gasteiger charge is 2.37. The molecular formula is C16H21ClN2O2. The number of carbonyl (C=O) groups excluding carboxylic acids is 2. The van der Waals surface area contributed by atoms with Crippen molar-refractivity contribution < 1.29 is 9.59 Å². The van der Waals surface area contributed by atoms with Gasteiger partial charge < -0.3 is 10.6 Å². The molecule has 0 saturated heterocycles. The van der Waals surface area contributed by atoms with Crippen molar-refractivity contribution >= 4 is 29.1 Å². The molecule has 1 aliphatic carbocycles. The Balaban J connectivity index is 2.02. The van der Waals surface area contributed by atoms with Gasteiger partial charge in [0.25, 0.3) is 0 Å². The summed E-state index contributed by atoms with van der Waals surface area (Å²) in [6.07, 6.45) is 4.26. The number of rotatable bonds is 4. The van der Waals surface area contributed by atoms with E-state index in [9.17, 15) is 9.59 Å². The summed E-state index contributed by atoms with van der Waals surface area (Å²) in [5.74, 6) is -0.593. The molecule has 0 aromatic heterocycles. The summed E-state index contributed by atoms with van der Waals surface area (Å²) >= 11 is 6.02. The van der Waals surface area contributed by atoms with E-state index in [4.69, 9.17) is 11.6 Å². The molecular weight excluding hydrogens is 288 g/mol. The van der Waals surface area contributed by atoms with Crippen LogP contribution in [0.15, 0.2) is 24.3 Å². The molecule has 1 aliphatic rings. The Morgan fingerprint density at radius 3 is 2.38 bits per heavy atom. The highest BCUT2D eigenvalue weighted by Crippen LogP contribution is 2.25. The second-order valence-electron chi connectivity index (χ2n) is 6.01. The maximum atomic E-state index is 12.4. The zero-order chi connectivity index (χ0) is 15.5. The van der Waals surface area contributed by atoms with Crippen LogP contribution in [0.3, 0.4) is 0 Å². The first-order valence-electron chi connectivity index (χ1n) is 7.28. The number of halogens is 1. The molecule has 1 saturated carbocycles. The molecule has 0 heterocycles. The van der Waals surface area contributed by atoms with Gasteiger partial charge in [0.15, 0.2) is 0 Å². The number of hydrogen-bond donors (Lipinski definition) is 2. The summed E-state index contributed by atoms with van der Waals surface area (Å²) in [5, 5.41) is 6.15. The molecule has 0 bridgehead atoms. The quantitative estimate of drug-likeness (QED) is 0.838. The predicted octanol–water partition coefficient (Wildman–Crippen LogP) is 3.36. The third kappa shape index (κ3) is 3.76. The molecule has 5 heteroatoms. The summed E-state index contributed by atoms with van der Waals surface area (Å²) in [6, 6.07) is 7.18. The molecule has 2 N–H and O–H groups in total. The summed E-state index contributed by atoms with van der Waals surface area (Å²) in [6.45, 7) is 3.26. The Hall–Kier alpha value is -1.55. The monoisotopic (exact) mass is 308 g/mol. The van der Waals surface area contributed by atoms with E-state index in [1.165, 1.54) is 0 Å². The van der Waals surface area contributed by atoms with Crippen LogP contribution in [0.4, 0.5) is 5.69 Å². The van der Waals surface area contributed by atoms with E-state index in [1.807, 2.05) is 0 Å². The van der Waals surface area contributed by atoms with Crippen LogP contribution in [-0.4, -0.2) is 17.9 Å². The molecule has 2 amide bonds. The number of benzene rings is 1. The smallest absolute Gasteiger partial charge is 0.239 e. The highest BCUT2D eigenvalue weighted by atomic mass is 35.5. The minimum Gasteiger partial charge on any atom is -0.352 e. The maximum absolute atomic E-state index is 12.4. The van der Waals surface area contributed by atoms with Crippen LogP contribution in [0.25, 0.3) is 0 Å². The molecule has 2 rings (SSSR count). The Bertz CT molecular complexity index is 537. The van der Waals surface area contributed by atoms with E-state index < -0.39 is 5.41 Å². The van der Waals surface area contributed by atoms with Gasteiger partial charge >= 0.3 is 0 Å². The summed E-state index contributed by atoms with van der Waals surface area (Å²) < 4.78 is 0. The number of anilines is 1. The van der Waals surface area contributed by atoms with Crippen molar-refractivity contribution in [2.24, 2.45) is 5.41 Å². The van der Waals surface area contributed by atoms with Gasteiger partial charge in [-0.25, -0.2) is 0 Å². The fourth-order valence-corrected chi connectivity index (χ4v) is 2.56. The maximum Gasteiger partial charge on any atom is 0.239 e. The van der Waals surface area contributed by atoms with Crippen LogP contribution in [0, 0.1) is 5.41 Å². The molecule has 0 unspecified atom stereocenters. The lowest BCUT2D eigenvalue weighted by Gasteiger charge is -2.25. The van der Waals surface area contributed by atoms with Gasteiger partial charge in [0.1, 0.15) is 5.41 Å². The van der Waals surface area contributed by atoms with Crippen LogP contribution < -0.4 is 10.6 Å². The number of para-hydroxylation sites is 1. The zero-order valence-corrected chi connectivity index (χ0v) is 13.2. The van der Waals surface area contributed by atoms with Gasteiger partial charge in [-0.2, -0.15) is 0 Å². The summed E-state index contributed by atoms with van der Waals surface area (Å²) in [7, 11) is 0. The zero-order valence-electron chi connectivity index (χ0n) is 12.4. The molecule has 0 radical (unpaired) electrons. The topological polar surface area (TPSA) is 58.2 Å². The molecule has 1 aromatic rings. The van der Waals surface area contributed by atoms with Gasteiger partial charge in [-0.05, 0) is 38.8 Å². The molecule has 0 spiro atoms. The van der Waals surface area contributed by atoms with Crippen LogP contribution >= 0.6 is 11.6 Å². The van der Waals surface area contributed by atoms with E-state index in [1.54, 1.807) is 38.1 Å². The lowest BCUT2D eigenvalue weighted by Crippen LogP contribution is -2.48. The van der Waals surface area contributed by atoms with Crippen LogP contribution in [0.1, 0.15) is 39.5 Å². The van der Waals surface area contributed by atoms with Gasteiger partial charge in [-0.1, -0.05) is 36.6 Å². The van der Waals surface area contributed by atoms with Gasteiger partial charge in [0.2, 0.25) is 11.8 Å². The van der Waals surface area contributed by atoms with Crippen LogP contribution in [-0.2, 0) is 9.59 Å². The molecule has 21 heavy (non-hydrogen) atoms. The number of carbonyl (C=O) groups is 2. The van der Waals surface area contributed by atoms with Crippen molar-refractivity contribution in [3.8, 4) is 0 Å². The van der Waals surface area contributed by atoms with Crippen molar-refractivity contribution in [2.45, 2.75) is 45.6 Å². The van der Waals surface area contributed by atoms with E-state index in [2.05, 4.69) is 10.6 Å². The van der Waals surface area contributed by atoms with Gasteiger partial charge in [0.05, 0.1) is 10.7 Å². The van der Waals surface area contributed by atoms with E-state index >= 15 is 0 Å². The van der Waals surface area contributed by atoms with Gasteiger partial charge in [-0.15, -0.1) is 0 Å². The second-order valence-corrected chi connectivity index (χ2v) is 6.42. The van der Waals surface area contributed by atoms with E-state index in [0.717, 1.165) is 25.7 Å². The van der Waals surface area contributed by atoms with Gasteiger partial charge in [-0.3, -0.25) is 9.59 Å². The Kier molecular flexibility index (Phi) is 4.88. The van der Waals surface area contributed by atoms with Crippen molar-refractivity contribution in [3.63, 3.8) is 0 Å². The minimum absolute atomic E-state index is 0.199. The normalized spacial score (nSPS) is 15.8. The molecule has 114 valence electrons. The van der Waals surface area contributed by atoms with Crippen molar-refractivity contribution in [1.82, 2.24) is 5.32 Å². The third-order valence-electron chi connectivity index (χ3n) is 3.95. The van der Waals surface area contributed by atoms with Crippen molar-refractivity contribution in [3.05, 3.63) is 29.3 Å². The lowest BCUT2D eigenvalue weighted by molar-refractivity contribution is -0.138. The van der Waals surface area contributed by atoms with Crippen molar-refractivity contribution in [2.75, 3.05) is 5.32 Å². The third-order valence-corrected chi connectivity index (χ3v) is 4.28. The van der Waals surface area contributed by atoms with Crippen LogP contribution in [0.5, 0.6) is 0 Å². The molecule has 0 atom stereocenters. The fourth-order valence-electron chi connectivity index (χ4n) is 2.38. The van der Waals surface area contributed by atoms with E-state index in [-0.39, 0.29) is 17.9 Å². The Morgan fingerprint density at radius 2 is 1.76 bits per heavy atom. The molecule has 1 fully saturated rings. The molecule has 0 aliphatic heterocycles. The summed E-state index contributed by atoms with van der Waals surface area (Å²) in [5.41, 5.74) is -0.618. The van der Waals surface area contributed by atoms with Gasteiger partial charge in [0, 0.05) is 6.04 Å². The standard InChI is InChI=1S/C16H21ClN2O2/c1-16(2,14(20)18-11-7-3-4-8-11)15(21)19-13-10-6-5-9-12(13)17/h5-6,9-11H,3-4,7-8H2,1-2H3,(H,18,20)(H,19,21). The minimum atomic E-state index is -1.14. The van der Waals surface area contributed by atoms with Crippen LogP contribution in [0.2, 0.25) is 5.02 Å². The van der Waals surface area contributed by atoms with Crippen molar-refractivity contribution in [1.29, 1.82) is 0 Å². The first-order valence-corrected chi connectivity index (χ1v) is 7.66.